The van der Waals surface area contributed by atoms with Crippen molar-refractivity contribution in [1.29, 1.82) is 0 Å². The van der Waals surface area contributed by atoms with Crippen molar-refractivity contribution >= 4 is 10.9 Å². The van der Waals surface area contributed by atoms with Crippen molar-refractivity contribution in [2.75, 3.05) is 13.1 Å². The van der Waals surface area contributed by atoms with E-state index in [0.29, 0.717) is 11.8 Å². The molecule has 0 amide bonds. The Balaban J connectivity index is 1.90. The highest BCUT2D eigenvalue weighted by Gasteiger charge is 2.20. The van der Waals surface area contributed by atoms with Gasteiger partial charge in [-0.25, -0.2) is 0 Å². The Morgan fingerprint density at radius 1 is 1.08 bits per heavy atom. The number of nitrogens with one attached hydrogen (secondary N) is 2. The summed E-state index contributed by atoms with van der Waals surface area (Å²) in [4.78, 5) is 8.22. The topological polar surface area (TPSA) is 40.7 Å². The van der Waals surface area contributed by atoms with Gasteiger partial charge in [-0.1, -0.05) is 19.9 Å². The highest BCUT2D eigenvalue weighted by Crippen LogP contribution is 2.37. The molecule has 2 aromatic heterocycles. The van der Waals surface area contributed by atoms with Crippen molar-refractivity contribution in [2.45, 2.75) is 46.0 Å². The van der Waals surface area contributed by atoms with Crippen molar-refractivity contribution in [3.05, 3.63) is 52.8 Å². The molecule has 0 aliphatic carbocycles. The summed E-state index contributed by atoms with van der Waals surface area (Å²) in [6, 6.07) is 11.4. The number of nitrogens with zero attached hydrogens (tertiary/aromatic N) is 1. The molecule has 2 N–H and O–H groups in total. The first-order valence-corrected chi connectivity index (χ1v) is 9.35. The van der Waals surface area contributed by atoms with Crippen LogP contribution in [0.4, 0.5) is 0 Å². The van der Waals surface area contributed by atoms with E-state index in [4.69, 9.17) is 0 Å². The van der Waals surface area contributed by atoms with Crippen LogP contribution >= 0.6 is 0 Å². The van der Waals surface area contributed by atoms with Gasteiger partial charge in [0.15, 0.2) is 0 Å². The van der Waals surface area contributed by atoms with Crippen LogP contribution in [0.2, 0.25) is 0 Å². The summed E-state index contributed by atoms with van der Waals surface area (Å²) in [5, 5.41) is 4.86. The average Bonchev–Trinajstić information content (AvgIpc) is 3.20. The lowest BCUT2D eigenvalue weighted by atomic mass is 9.92. The van der Waals surface area contributed by atoms with Gasteiger partial charge in [-0.2, -0.15) is 0 Å². The van der Waals surface area contributed by atoms with Crippen LogP contribution in [0, 0.1) is 13.8 Å². The van der Waals surface area contributed by atoms with Crippen LogP contribution in [0.25, 0.3) is 22.2 Å². The van der Waals surface area contributed by atoms with Crippen molar-refractivity contribution in [3.63, 3.8) is 0 Å². The maximum absolute atomic E-state index is 4.53. The van der Waals surface area contributed by atoms with E-state index in [9.17, 15) is 0 Å². The molecule has 0 spiro atoms. The lowest BCUT2D eigenvalue weighted by Gasteiger charge is -2.12. The number of hydrogen-bond acceptors (Lipinski definition) is 2. The van der Waals surface area contributed by atoms with Crippen LogP contribution in [0.3, 0.4) is 0 Å². The zero-order valence-electron chi connectivity index (χ0n) is 15.6. The molecule has 0 radical (unpaired) electrons. The number of aryl methyl sites for hydroxylation is 2. The first-order chi connectivity index (χ1) is 12.0. The highest BCUT2D eigenvalue weighted by molar-refractivity contribution is 5.92. The van der Waals surface area contributed by atoms with Gasteiger partial charge in [0.05, 0.1) is 5.69 Å². The third-order valence-electron chi connectivity index (χ3n) is 5.34. The molecule has 1 atom stereocenters. The van der Waals surface area contributed by atoms with Crippen LogP contribution < -0.4 is 5.32 Å². The molecule has 130 valence electrons. The normalized spacial score (nSPS) is 17.7. The van der Waals surface area contributed by atoms with Crippen LogP contribution in [-0.2, 0) is 0 Å². The van der Waals surface area contributed by atoms with Gasteiger partial charge in [0.2, 0.25) is 0 Å². The lowest BCUT2D eigenvalue weighted by molar-refractivity contribution is 0.764. The molecule has 4 rings (SSSR count). The minimum Gasteiger partial charge on any atom is -0.354 e. The van der Waals surface area contributed by atoms with Gasteiger partial charge in [-0.05, 0) is 74.0 Å². The summed E-state index contributed by atoms with van der Waals surface area (Å²) < 4.78 is 0. The van der Waals surface area contributed by atoms with E-state index < -0.39 is 0 Å². The number of rotatable bonds is 3. The highest BCUT2D eigenvalue weighted by atomic mass is 14.9. The summed E-state index contributed by atoms with van der Waals surface area (Å²) in [7, 11) is 0. The average molecular weight is 333 g/mol. The number of aromatic amines is 1. The second-order valence-corrected chi connectivity index (χ2v) is 7.70. The second kappa shape index (κ2) is 6.30. The van der Waals surface area contributed by atoms with Gasteiger partial charge < -0.3 is 10.3 Å². The molecule has 3 heterocycles. The Hall–Kier alpha value is -2.13. The predicted molar refractivity (Wildman–Crippen MR) is 105 cm³/mol. The fraction of sp³-hybridized carbons (Fsp3) is 0.409. The van der Waals surface area contributed by atoms with Crippen molar-refractivity contribution in [2.24, 2.45) is 0 Å². The van der Waals surface area contributed by atoms with Gasteiger partial charge in [-0.3, -0.25) is 4.98 Å². The van der Waals surface area contributed by atoms with E-state index in [1.807, 2.05) is 0 Å². The molecular formula is C22H27N3. The molecule has 25 heavy (non-hydrogen) atoms. The molecule has 1 unspecified atom stereocenters. The first-order valence-electron chi connectivity index (χ1n) is 9.35. The molecule has 1 fully saturated rings. The number of hydrogen-bond donors (Lipinski definition) is 2. The number of aromatic nitrogens is 2. The third kappa shape index (κ3) is 2.98. The molecule has 1 aliphatic heterocycles. The van der Waals surface area contributed by atoms with Crippen LogP contribution in [0.5, 0.6) is 0 Å². The molecule has 3 heteroatoms. The SMILES string of the molecule is Cc1cc(-c2[nH]c3ccc(C4CCNC4)cc3c2C(C)C)cc(C)n1. The molecule has 1 saturated heterocycles. The van der Waals surface area contributed by atoms with Crippen LogP contribution in [-0.4, -0.2) is 23.1 Å². The number of benzene rings is 1. The first kappa shape index (κ1) is 16.3. The molecule has 1 aromatic carbocycles. The van der Waals surface area contributed by atoms with E-state index in [1.54, 1.807) is 0 Å². The van der Waals surface area contributed by atoms with Crippen LogP contribution in [0.1, 0.15) is 54.6 Å². The molecule has 3 aromatic rings. The summed E-state index contributed by atoms with van der Waals surface area (Å²) >= 11 is 0. The molecular weight excluding hydrogens is 306 g/mol. The van der Waals surface area contributed by atoms with E-state index in [-0.39, 0.29) is 0 Å². The van der Waals surface area contributed by atoms with Gasteiger partial charge in [0, 0.05) is 34.4 Å². The van der Waals surface area contributed by atoms with Gasteiger partial charge in [0.25, 0.3) is 0 Å². The number of H-pyrrole nitrogens is 1. The Bertz CT molecular complexity index is 894. The fourth-order valence-corrected chi connectivity index (χ4v) is 4.23. The Morgan fingerprint density at radius 2 is 1.84 bits per heavy atom. The van der Waals surface area contributed by atoms with E-state index in [1.165, 1.54) is 39.7 Å². The maximum atomic E-state index is 4.53. The Morgan fingerprint density at radius 3 is 2.48 bits per heavy atom. The lowest BCUT2D eigenvalue weighted by Crippen LogP contribution is -2.07. The van der Waals surface area contributed by atoms with E-state index in [0.717, 1.165) is 24.5 Å². The maximum Gasteiger partial charge on any atom is 0.0501 e. The molecule has 0 saturated carbocycles. The largest absolute Gasteiger partial charge is 0.354 e. The monoisotopic (exact) mass is 333 g/mol. The molecule has 3 nitrogen and oxygen atoms in total. The summed E-state index contributed by atoms with van der Waals surface area (Å²) in [5.74, 6) is 1.11. The fourth-order valence-electron chi connectivity index (χ4n) is 4.23. The standard InChI is InChI=1S/C22H27N3/c1-13(2)21-19-11-16(17-7-8-23-12-17)5-6-20(19)25-22(21)18-9-14(3)24-15(4)10-18/h5-6,9-11,13,17,23,25H,7-8,12H2,1-4H3. The van der Waals surface area contributed by atoms with Crippen molar-refractivity contribution in [1.82, 2.24) is 15.3 Å². The second-order valence-electron chi connectivity index (χ2n) is 7.70. The summed E-state index contributed by atoms with van der Waals surface area (Å²) in [6.45, 7) is 10.9. The molecule has 1 aliphatic rings. The third-order valence-corrected chi connectivity index (χ3v) is 5.34. The molecule has 0 bridgehead atoms. The van der Waals surface area contributed by atoms with Crippen LogP contribution in [0.15, 0.2) is 30.3 Å². The van der Waals surface area contributed by atoms with Crippen molar-refractivity contribution in [3.8, 4) is 11.3 Å². The summed E-state index contributed by atoms with van der Waals surface area (Å²) in [6.07, 6.45) is 1.24. The number of fused-ring (bicyclic) bond motifs is 1. The zero-order valence-corrected chi connectivity index (χ0v) is 15.6. The zero-order chi connectivity index (χ0) is 17.6. The van der Waals surface area contributed by atoms with Crippen molar-refractivity contribution < 1.29 is 0 Å². The van der Waals surface area contributed by atoms with Gasteiger partial charge >= 0.3 is 0 Å². The smallest absolute Gasteiger partial charge is 0.0501 e. The van der Waals surface area contributed by atoms with Gasteiger partial charge in [-0.15, -0.1) is 0 Å². The minimum absolute atomic E-state index is 0.467. The Labute approximate surface area is 149 Å². The summed E-state index contributed by atoms with van der Waals surface area (Å²) in [5.41, 5.74) is 8.76. The predicted octanol–water partition coefficient (Wildman–Crippen LogP) is 5.05. The van der Waals surface area contributed by atoms with E-state index >= 15 is 0 Å². The minimum atomic E-state index is 0.467. The number of pyridine rings is 1. The Kier molecular flexibility index (Phi) is 4.12. The van der Waals surface area contributed by atoms with Gasteiger partial charge in [0.1, 0.15) is 0 Å². The quantitative estimate of drug-likeness (QED) is 0.704. The van der Waals surface area contributed by atoms with E-state index in [2.05, 4.69) is 73.3 Å².